The summed E-state index contributed by atoms with van der Waals surface area (Å²) in [6.45, 7) is 1.88. The lowest BCUT2D eigenvalue weighted by Gasteiger charge is -2.36. The lowest BCUT2D eigenvalue weighted by atomic mass is 9.92. The van der Waals surface area contributed by atoms with Gasteiger partial charge in [0.2, 0.25) is 15.9 Å². The number of sulfonamides is 1. The summed E-state index contributed by atoms with van der Waals surface area (Å²) in [5, 5.41) is 0.490. The normalized spacial score (nSPS) is 20.2. The van der Waals surface area contributed by atoms with Crippen LogP contribution in [0.4, 0.5) is 0 Å². The molecule has 148 valence electrons. The monoisotopic (exact) mass is 418 g/mol. The van der Waals surface area contributed by atoms with E-state index in [1.54, 1.807) is 12.1 Å². The van der Waals surface area contributed by atoms with Gasteiger partial charge in [-0.3, -0.25) is 4.79 Å². The molecule has 1 atom stereocenters. The Morgan fingerprint density at radius 1 is 1.00 bits per heavy atom. The van der Waals surface area contributed by atoms with Gasteiger partial charge in [0, 0.05) is 31.1 Å². The van der Waals surface area contributed by atoms with E-state index in [2.05, 4.69) is 0 Å². The highest BCUT2D eigenvalue weighted by molar-refractivity contribution is 7.89. The molecule has 0 spiro atoms. The van der Waals surface area contributed by atoms with Crippen molar-refractivity contribution in [1.82, 2.24) is 9.21 Å². The molecule has 0 bridgehead atoms. The van der Waals surface area contributed by atoms with Crippen LogP contribution in [0.2, 0.25) is 5.02 Å². The third-order valence-corrected chi connectivity index (χ3v) is 7.78. The largest absolute Gasteiger partial charge is 0.343 e. The van der Waals surface area contributed by atoms with Crippen LogP contribution in [0.15, 0.2) is 53.4 Å². The number of fused-ring (bicyclic) bond motifs is 1. The van der Waals surface area contributed by atoms with Gasteiger partial charge in [-0.15, -0.1) is 0 Å². The molecule has 0 aliphatic carbocycles. The number of likely N-dealkylation sites (tertiary alicyclic amines) is 1. The van der Waals surface area contributed by atoms with E-state index in [-0.39, 0.29) is 17.2 Å². The second-order valence-electron chi connectivity index (χ2n) is 7.33. The van der Waals surface area contributed by atoms with Crippen LogP contribution in [0.25, 0.3) is 0 Å². The molecule has 2 aliphatic heterocycles. The highest BCUT2D eigenvalue weighted by atomic mass is 35.5. The Morgan fingerprint density at radius 2 is 1.68 bits per heavy atom. The van der Waals surface area contributed by atoms with Gasteiger partial charge in [0.1, 0.15) is 0 Å². The Kier molecular flexibility index (Phi) is 5.45. The van der Waals surface area contributed by atoms with E-state index in [0.717, 1.165) is 37.1 Å². The first-order chi connectivity index (χ1) is 13.5. The molecule has 4 rings (SSSR count). The molecule has 7 heteroatoms. The van der Waals surface area contributed by atoms with Gasteiger partial charge in [-0.05, 0) is 54.7 Å². The average molecular weight is 419 g/mol. The zero-order chi connectivity index (χ0) is 19.7. The van der Waals surface area contributed by atoms with Crippen molar-refractivity contribution >= 4 is 27.5 Å². The van der Waals surface area contributed by atoms with Crippen molar-refractivity contribution in [2.45, 2.75) is 36.6 Å². The molecular weight excluding hydrogens is 396 g/mol. The summed E-state index contributed by atoms with van der Waals surface area (Å²) in [5.41, 5.74) is 2.04. The molecule has 1 fully saturated rings. The van der Waals surface area contributed by atoms with Gasteiger partial charge in [-0.1, -0.05) is 35.9 Å². The second kappa shape index (κ2) is 7.85. The Hall–Kier alpha value is -1.89. The van der Waals surface area contributed by atoms with Crippen molar-refractivity contribution < 1.29 is 13.2 Å². The molecule has 2 aromatic carbocycles. The first-order valence-electron chi connectivity index (χ1n) is 9.60. The quantitative estimate of drug-likeness (QED) is 0.761. The summed E-state index contributed by atoms with van der Waals surface area (Å²) in [4.78, 5) is 14.9. The van der Waals surface area contributed by atoms with Gasteiger partial charge < -0.3 is 4.90 Å². The fourth-order valence-electron chi connectivity index (χ4n) is 4.13. The fourth-order valence-corrected chi connectivity index (χ4v) is 5.86. The minimum absolute atomic E-state index is 0.0236. The van der Waals surface area contributed by atoms with Gasteiger partial charge >= 0.3 is 0 Å². The molecule has 1 saturated heterocycles. The molecule has 0 saturated carbocycles. The van der Waals surface area contributed by atoms with E-state index in [9.17, 15) is 13.2 Å². The smallest absolute Gasteiger partial charge is 0.243 e. The maximum Gasteiger partial charge on any atom is 0.243 e. The van der Waals surface area contributed by atoms with Crippen LogP contribution in [-0.4, -0.2) is 43.2 Å². The average Bonchev–Trinajstić information content (AvgIpc) is 3.23. The summed E-state index contributed by atoms with van der Waals surface area (Å²) in [6, 6.07) is 13.6. The van der Waals surface area contributed by atoms with Crippen LogP contribution in [-0.2, 0) is 21.2 Å². The minimum Gasteiger partial charge on any atom is -0.343 e. The molecular formula is C21H23ClN2O3S. The van der Waals surface area contributed by atoms with Gasteiger partial charge in [0.25, 0.3) is 0 Å². The van der Waals surface area contributed by atoms with Crippen LogP contribution >= 0.6 is 11.6 Å². The van der Waals surface area contributed by atoms with Crippen molar-refractivity contribution in [1.29, 1.82) is 0 Å². The number of hydrogen-bond donors (Lipinski definition) is 0. The molecule has 2 aliphatic rings. The zero-order valence-corrected chi connectivity index (χ0v) is 17.1. The topological polar surface area (TPSA) is 57.7 Å². The number of amides is 1. The second-order valence-corrected chi connectivity index (χ2v) is 9.65. The van der Waals surface area contributed by atoms with Gasteiger partial charge in [-0.2, -0.15) is 4.31 Å². The summed E-state index contributed by atoms with van der Waals surface area (Å²) < 4.78 is 28.3. The number of benzene rings is 2. The number of halogens is 1. The van der Waals surface area contributed by atoms with Crippen LogP contribution in [0.1, 0.15) is 36.4 Å². The molecule has 0 radical (unpaired) electrons. The Labute approximate surface area is 171 Å². The van der Waals surface area contributed by atoms with Crippen molar-refractivity contribution in [2.24, 2.45) is 0 Å². The highest BCUT2D eigenvalue weighted by Gasteiger charge is 2.38. The maximum atomic E-state index is 13.4. The molecule has 0 N–H and O–H groups in total. The van der Waals surface area contributed by atoms with E-state index >= 15 is 0 Å². The van der Waals surface area contributed by atoms with Crippen LogP contribution in [0.5, 0.6) is 0 Å². The van der Waals surface area contributed by atoms with E-state index in [1.807, 2.05) is 29.2 Å². The summed E-state index contributed by atoms with van der Waals surface area (Å²) in [7, 11) is -3.74. The number of nitrogens with zero attached hydrogens (tertiary/aromatic N) is 2. The third-order valence-electron chi connectivity index (χ3n) is 5.61. The van der Waals surface area contributed by atoms with Crippen LogP contribution in [0.3, 0.4) is 0 Å². The van der Waals surface area contributed by atoms with E-state index in [1.165, 1.54) is 16.4 Å². The predicted octanol–water partition coefficient (Wildman–Crippen LogP) is 3.64. The molecule has 1 amide bonds. The number of carbonyl (C=O) groups is 1. The van der Waals surface area contributed by atoms with Crippen molar-refractivity contribution in [3.05, 3.63) is 64.7 Å². The summed E-state index contributed by atoms with van der Waals surface area (Å²) in [6.07, 6.45) is 2.83. The molecule has 5 nitrogen and oxygen atoms in total. The summed E-state index contributed by atoms with van der Waals surface area (Å²) in [5.74, 6) is 0.0236. The lowest BCUT2D eigenvalue weighted by molar-refractivity contribution is -0.131. The van der Waals surface area contributed by atoms with E-state index in [4.69, 9.17) is 11.6 Å². The van der Waals surface area contributed by atoms with E-state index < -0.39 is 16.1 Å². The Balaban J connectivity index is 1.70. The van der Waals surface area contributed by atoms with Gasteiger partial charge in [0.15, 0.2) is 0 Å². The molecule has 2 aromatic rings. The van der Waals surface area contributed by atoms with E-state index in [0.29, 0.717) is 18.0 Å². The van der Waals surface area contributed by atoms with Crippen LogP contribution < -0.4 is 0 Å². The standard InChI is InChI=1S/C21H23ClN2O3S/c22-17-7-9-18(10-8-17)28(26,27)24-14-11-16-5-1-2-6-19(16)20(24)15-21(25)23-12-3-4-13-23/h1-2,5-10,20H,3-4,11-15H2/t20-/m0/s1. The molecule has 28 heavy (non-hydrogen) atoms. The van der Waals surface area contributed by atoms with Crippen molar-refractivity contribution in [3.8, 4) is 0 Å². The summed E-state index contributed by atoms with van der Waals surface area (Å²) >= 11 is 5.93. The predicted molar refractivity (Wildman–Crippen MR) is 109 cm³/mol. The Morgan fingerprint density at radius 3 is 2.39 bits per heavy atom. The number of rotatable bonds is 4. The highest BCUT2D eigenvalue weighted by Crippen LogP contribution is 2.37. The lowest BCUT2D eigenvalue weighted by Crippen LogP contribution is -2.42. The molecule has 0 unspecified atom stereocenters. The Bertz CT molecular complexity index is 969. The fraction of sp³-hybridized carbons (Fsp3) is 0.381. The SMILES string of the molecule is O=C(C[C@H]1c2ccccc2CCN1S(=O)(=O)c1ccc(Cl)cc1)N1CCCC1. The number of hydrogen-bond acceptors (Lipinski definition) is 3. The minimum atomic E-state index is -3.74. The molecule has 0 aromatic heterocycles. The first-order valence-corrected chi connectivity index (χ1v) is 11.4. The van der Waals surface area contributed by atoms with Crippen LogP contribution in [0, 0.1) is 0 Å². The zero-order valence-electron chi connectivity index (χ0n) is 15.6. The number of carbonyl (C=O) groups excluding carboxylic acids is 1. The van der Waals surface area contributed by atoms with Crippen molar-refractivity contribution in [3.63, 3.8) is 0 Å². The molecule has 2 heterocycles. The van der Waals surface area contributed by atoms with Gasteiger partial charge in [0.05, 0.1) is 10.9 Å². The first kappa shape index (κ1) is 19.4. The third kappa shape index (κ3) is 3.69. The van der Waals surface area contributed by atoms with Crippen molar-refractivity contribution in [2.75, 3.05) is 19.6 Å². The van der Waals surface area contributed by atoms with Gasteiger partial charge in [-0.25, -0.2) is 8.42 Å². The maximum absolute atomic E-state index is 13.4.